The summed E-state index contributed by atoms with van der Waals surface area (Å²) < 4.78 is 7.23. The van der Waals surface area contributed by atoms with Crippen LogP contribution in [0.25, 0.3) is 33.1 Å². The summed E-state index contributed by atoms with van der Waals surface area (Å²) in [5.74, 6) is 0. The van der Waals surface area contributed by atoms with Crippen molar-refractivity contribution >= 4 is 79.2 Å². The zero-order valence-corrected chi connectivity index (χ0v) is 47.4. The Bertz CT molecular complexity index is 3720. The van der Waals surface area contributed by atoms with Crippen molar-refractivity contribution in [2.45, 2.75) is 181 Å². The third-order valence-electron chi connectivity index (χ3n) is 19.6. The van der Waals surface area contributed by atoms with Gasteiger partial charge < -0.3 is 14.2 Å². The first-order valence-electron chi connectivity index (χ1n) is 28.0. The molecular formula is C70H77BN2O. The van der Waals surface area contributed by atoms with Crippen molar-refractivity contribution in [3.05, 3.63) is 160 Å². The zero-order valence-electron chi connectivity index (χ0n) is 47.4. The summed E-state index contributed by atoms with van der Waals surface area (Å²) in [5.41, 5.74) is 27.6. The molecule has 0 unspecified atom stereocenters. The number of hydrogen-bond donors (Lipinski definition) is 0. The monoisotopic (exact) mass is 973 g/mol. The normalized spacial score (nSPS) is 19.9. The first-order valence-corrected chi connectivity index (χ1v) is 28.0. The van der Waals surface area contributed by atoms with Crippen LogP contribution in [0.15, 0.2) is 120 Å². The Balaban J connectivity index is 1.21. The van der Waals surface area contributed by atoms with E-state index in [-0.39, 0.29) is 44.6 Å². The number of anilines is 6. The molecule has 0 N–H and O–H groups in total. The molecule has 376 valence electrons. The van der Waals surface area contributed by atoms with Crippen LogP contribution in [0.4, 0.5) is 34.1 Å². The molecule has 0 radical (unpaired) electrons. The maximum atomic E-state index is 7.23. The zero-order chi connectivity index (χ0) is 52.2. The van der Waals surface area contributed by atoms with Crippen LogP contribution < -0.4 is 26.2 Å². The van der Waals surface area contributed by atoms with Crippen molar-refractivity contribution in [2.75, 3.05) is 9.80 Å². The van der Waals surface area contributed by atoms with E-state index in [0.717, 1.165) is 30.4 Å². The van der Waals surface area contributed by atoms with Gasteiger partial charge in [0, 0.05) is 33.7 Å². The van der Waals surface area contributed by atoms with E-state index in [1.165, 1.54) is 130 Å². The number of aryl methyl sites for hydroxylation is 1. The summed E-state index contributed by atoms with van der Waals surface area (Å²) in [6, 6.07) is 45.7. The molecule has 0 spiro atoms. The lowest BCUT2D eigenvalue weighted by Crippen LogP contribution is -2.61. The quantitative estimate of drug-likeness (QED) is 0.165. The Labute approximate surface area is 442 Å². The van der Waals surface area contributed by atoms with E-state index in [0.29, 0.717) is 0 Å². The van der Waals surface area contributed by atoms with E-state index in [1.807, 2.05) is 0 Å². The van der Waals surface area contributed by atoms with Crippen LogP contribution in [0, 0.1) is 6.92 Å². The van der Waals surface area contributed by atoms with Crippen molar-refractivity contribution in [1.82, 2.24) is 0 Å². The minimum Gasteiger partial charge on any atom is -0.456 e. The van der Waals surface area contributed by atoms with Crippen molar-refractivity contribution in [2.24, 2.45) is 0 Å². The van der Waals surface area contributed by atoms with Gasteiger partial charge in [-0.2, -0.15) is 0 Å². The smallest absolute Gasteiger partial charge is 0.252 e. The van der Waals surface area contributed by atoms with E-state index in [4.69, 9.17) is 4.42 Å². The summed E-state index contributed by atoms with van der Waals surface area (Å²) in [5, 5.41) is 2.42. The third kappa shape index (κ3) is 6.70. The van der Waals surface area contributed by atoms with Gasteiger partial charge >= 0.3 is 0 Å². The minimum atomic E-state index is -0.162. The van der Waals surface area contributed by atoms with Crippen LogP contribution >= 0.6 is 0 Å². The van der Waals surface area contributed by atoms with Crippen molar-refractivity contribution in [3.8, 4) is 11.1 Å². The fraction of sp³-hybridized carbons (Fsp3) is 0.400. The molecule has 0 amide bonds. The fourth-order valence-corrected chi connectivity index (χ4v) is 15.3. The van der Waals surface area contributed by atoms with Gasteiger partial charge in [-0.25, -0.2) is 0 Å². The molecule has 13 rings (SSSR count). The molecule has 0 saturated heterocycles. The first kappa shape index (κ1) is 47.7. The van der Waals surface area contributed by atoms with Crippen LogP contribution in [-0.4, -0.2) is 6.71 Å². The summed E-state index contributed by atoms with van der Waals surface area (Å²) in [7, 11) is 0. The molecule has 0 fully saturated rings. The molecule has 4 heteroatoms. The first-order chi connectivity index (χ1) is 34.7. The van der Waals surface area contributed by atoms with Crippen molar-refractivity contribution in [3.63, 3.8) is 0 Å². The number of rotatable bonds is 3. The molecule has 0 saturated carbocycles. The summed E-state index contributed by atoms with van der Waals surface area (Å²) in [6.45, 7) is 39.2. The minimum absolute atomic E-state index is 0.0117. The van der Waals surface area contributed by atoms with Crippen LogP contribution in [-0.2, 0) is 37.9 Å². The molecule has 74 heavy (non-hydrogen) atoms. The molecule has 7 aromatic carbocycles. The lowest BCUT2D eigenvalue weighted by molar-refractivity contribution is 0.332. The predicted octanol–water partition coefficient (Wildman–Crippen LogP) is 17.6. The second-order valence-electron chi connectivity index (χ2n) is 28.7. The van der Waals surface area contributed by atoms with Crippen molar-refractivity contribution < 1.29 is 4.42 Å². The Kier molecular flexibility index (Phi) is 9.74. The standard InChI is InChI=1S/C70H77BN2O/c1-41-32-46-49(67(9,10)30-28-65(46,5)6)37-55(41)72-56-38-50-48(69(13,14)40-70(50,15)16)36-53(56)71-52-26-27-59-61(45-35-47-51(39-60(45)74-59)68(11,12)31-29-66(47,7)8)63(52)73(58-34-43(64(2,3)4)33-57(72)62(58)71)54-25-21-20-24-44(54)42-22-18-17-19-23-42/h17-27,32-39H,28-31,40H2,1-16H3. The van der Waals surface area contributed by atoms with Crippen LogP contribution in [0.3, 0.4) is 0 Å². The van der Waals surface area contributed by atoms with Gasteiger partial charge in [-0.05, 0) is 192 Å². The van der Waals surface area contributed by atoms with Crippen LogP contribution in [0.1, 0.15) is 180 Å². The largest absolute Gasteiger partial charge is 0.456 e. The highest BCUT2D eigenvalue weighted by Gasteiger charge is 2.50. The van der Waals surface area contributed by atoms with Gasteiger partial charge in [0.05, 0.1) is 16.8 Å². The second-order valence-corrected chi connectivity index (χ2v) is 28.7. The lowest BCUT2D eigenvalue weighted by Gasteiger charge is -2.47. The number of fused-ring (bicyclic) bond motifs is 11. The SMILES string of the molecule is Cc1cc2c(cc1N1c3cc4c(cc3B3c5ccc6oc7cc8c(cc7c6c5N(c5ccccc5-c5ccccc5)c5cc(C(C)(C)C)cc1c53)C(C)(C)CCC8(C)C)C(C)(C)CC4(C)C)C(C)(C)CCC2(C)C. The number of nitrogens with zero attached hydrogens (tertiary/aromatic N) is 2. The maximum Gasteiger partial charge on any atom is 0.252 e. The fourth-order valence-electron chi connectivity index (χ4n) is 15.3. The predicted molar refractivity (Wildman–Crippen MR) is 318 cm³/mol. The molecule has 0 bridgehead atoms. The molecule has 3 nitrogen and oxygen atoms in total. The number of furan rings is 1. The molecular weight excluding hydrogens is 896 g/mol. The van der Waals surface area contributed by atoms with Crippen molar-refractivity contribution in [1.29, 1.82) is 0 Å². The number of para-hydroxylation sites is 1. The molecule has 1 aromatic heterocycles. The van der Waals surface area contributed by atoms with Crippen LogP contribution in [0.5, 0.6) is 0 Å². The molecule has 5 aliphatic rings. The summed E-state index contributed by atoms with van der Waals surface area (Å²) >= 11 is 0. The average Bonchev–Trinajstić information content (AvgIpc) is 3.80. The maximum absolute atomic E-state index is 7.23. The Morgan fingerprint density at radius 2 is 0.986 bits per heavy atom. The second kappa shape index (κ2) is 15.1. The summed E-state index contributed by atoms with van der Waals surface area (Å²) in [4.78, 5) is 5.45. The van der Waals surface area contributed by atoms with Gasteiger partial charge in [-0.1, -0.05) is 171 Å². The lowest BCUT2D eigenvalue weighted by atomic mass is 9.33. The number of hydrogen-bond acceptors (Lipinski definition) is 3. The van der Waals surface area contributed by atoms with Gasteiger partial charge in [0.25, 0.3) is 6.71 Å². The molecule has 2 aliphatic heterocycles. The van der Waals surface area contributed by atoms with Crippen LogP contribution in [0.2, 0.25) is 0 Å². The van der Waals surface area contributed by atoms with E-state index >= 15 is 0 Å². The Morgan fingerprint density at radius 3 is 1.62 bits per heavy atom. The molecule has 3 aliphatic carbocycles. The van der Waals surface area contributed by atoms with E-state index in [9.17, 15) is 0 Å². The highest BCUT2D eigenvalue weighted by Crippen LogP contribution is 2.57. The Morgan fingerprint density at radius 1 is 0.459 bits per heavy atom. The topological polar surface area (TPSA) is 19.6 Å². The molecule has 0 atom stereocenters. The summed E-state index contributed by atoms with van der Waals surface area (Å²) in [6.07, 6.45) is 5.78. The average molecular weight is 973 g/mol. The molecule has 8 aromatic rings. The third-order valence-corrected chi connectivity index (χ3v) is 19.6. The van der Waals surface area contributed by atoms with Gasteiger partial charge in [0.2, 0.25) is 0 Å². The number of benzene rings is 7. The van der Waals surface area contributed by atoms with Gasteiger partial charge in [0.1, 0.15) is 11.2 Å². The highest BCUT2D eigenvalue weighted by molar-refractivity contribution is 7.00. The van der Waals surface area contributed by atoms with E-state index in [2.05, 4.69) is 236 Å². The van der Waals surface area contributed by atoms with Gasteiger partial charge in [-0.3, -0.25) is 0 Å². The van der Waals surface area contributed by atoms with Gasteiger partial charge in [-0.15, -0.1) is 0 Å². The highest BCUT2D eigenvalue weighted by atomic mass is 16.3. The Hall–Kier alpha value is -6.00. The van der Waals surface area contributed by atoms with Gasteiger partial charge in [0.15, 0.2) is 0 Å². The van der Waals surface area contributed by atoms with E-state index in [1.54, 1.807) is 0 Å². The molecule has 3 heterocycles. The van der Waals surface area contributed by atoms with E-state index < -0.39 is 0 Å².